The summed E-state index contributed by atoms with van der Waals surface area (Å²) in [6.45, 7) is 4.72. The molecule has 0 saturated carbocycles. The Balaban J connectivity index is 1.95. The van der Waals surface area contributed by atoms with Crippen LogP contribution >= 0.6 is 11.3 Å². The van der Waals surface area contributed by atoms with E-state index in [9.17, 15) is 14.4 Å². The van der Waals surface area contributed by atoms with Crippen molar-refractivity contribution in [3.63, 3.8) is 0 Å². The molecule has 0 aliphatic carbocycles. The number of benzene rings is 1. The Bertz CT molecular complexity index is 762. The fourth-order valence-corrected chi connectivity index (χ4v) is 2.52. The van der Waals surface area contributed by atoms with Crippen LogP contribution in [0.3, 0.4) is 0 Å². The standard InChI is InChI=1S/C18H19NO5S/c1-18(2,3)24-15(20)11-23-17(22)12-6-4-7-13(10-12)19-16(21)14-8-5-9-25-14/h4-10H,11H2,1-3H3,(H,19,21). The highest BCUT2D eigenvalue weighted by molar-refractivity contribution is 7.12. The first kappa shape index (κ1) is 18.7. The number of rotatable bonds is 5. The summed E-state index contributed by atoms with van der Waals surface area (Å²) in [5.74, 6) is -1.55. The molecule has 1 N–H and O–H groups in total. The molecule has 0 bridgehead atoms. The van der Waals surface area contributed by atoms with Crippen molar-refractivity contribution >= 4 is 34.9 Å². The van der Waals surface area contributed by atoms with Crippen LogP contribution in [0.15, 0.2) is 41.8 Å². The molecule has 0 aliphatic rings. The predicted octanol–water partition coefficient (Wildman–Crippen LogP) is 3.50. The van der Waals surface area contributed by atoms with Gasteiger partial charge < -0.3 is 14.8 Å². The number of ether oxygens (including phenoxy) is 2. The third-order valence-corrected chi connectivity index (χ3v) is 3.71. The number of hydrogen-bond acceptors (Lipinski definition) is 6. The van der Waals surface area contributed by atoms with Crippen LogP contribution in [0.1, 0.15) is 40.8 Å². The lowest BCUT2D eigenvalue weighted by Gasteiger charge is -2.19. The van der Waals surface area contributed by atoms with Gasteiger partial charge in [-0.2, -0.15) is 0 Å². The Kier molecular flexibility index (Phi) is 5.93. The fourth-order valence-electron chi connectivity index (χ4n) is 1.90. The third kappa shape index (κ3) is 6.04. The molecular formula is C18H19NO5S. The van der Waals surface area contributed by atoms with Crippen molar-refractivity contribution in [1.82, 2.24) is 0 Å². The highest BCUT2D eigenvalue weighted by atomic mass is 32.1. The second-order valence-corrected chi connectivity index (χ2v) is 7.12. The Hall–Kier alpha value is -2.67. The summed E-state index contributed by atoms with van der Waals surface area (Å²) in [4.78, 5) is 36.2. The second-order valence-electron chi connectivity index (χ2n) is 6.17. The molecule has 1 aromatic heterocycles. The molecule has 0 atom stereocenters. The van der Waals surface area contributed by atoms with E-state index in [1.807, 2.05) is 0 Å². The lowest BCUT2D eigenvalue weighted by molar-refractivity contribution is -0.158. The molecule has 1 aromatic carbocycles. The van der Waals surface area contributed by atoms with Crippen molar-refractivity contribution in [3.8, 4) is 0 Å². The van der Waals surface area contributed by atoms with E-state index < -0.39 is 24.1 Å². The summed E-state index contributed by atoms with van der Waals surface area (Å²) in [5.41, 5.74) is 0.0489. The first-order valence-electron chi connectivity index (χ1n) is 7.58. The van der Waals surface area contributed by atoms with Gasteiger partial charge in [0.25, 0.3) is 5.91 Å². The SMILES string of the molecule is CC(C)(C)OC(=O)COC(=O)c1cccc(NC(=O)c2cccs2)c1. The van der Waals surface area contributed by atoms with Crippen LogP contribution in [-0.4, -0.2) is 30.1 Å². The van der Waals surface area contributed by atoms with E-state index in [2.05, 4.69) is 5.32 Å². The zero-order valence-electron chi connectivity index (χ0n) is 14.2. The first-order chi connectivity index (χ1) is 11.7. The van der Waals surface area contributed by atoms with E-state index in [-0.39, 0.29) is 11.5 Å². The number of anilines is 1. The average Bonchev–Trinajstić information content (AvgIpc) is 3.06. The van der Waals surface area contributed by atoms with Gasteiger partial charge in [-0.1, -0.05) is 12.1 Å². The molecule has 0 fully saturated rings. The van der Waals surface area contributed by atoms with Gasteiger partial charge >= 0.3 is 11.9 Å². The Morgan fingerprint density at radius 1 is 1.12 bits per heavy atom. The van der Waals surface area contributed by atoms with Crippen LogP contribution in [-0.2, 0) is 14.3 Å². The normalized spacial score (nSPS) is 10.8. The van der Waals surface area contributed by atoms with Crippen molar-refractivity contribution in [3.05, 3.63) is 52.2 Å². The number of hydrogen-bond donors (Lipinski definition) is 1. The van der Waals surface area contributed by atoms with Gasteiger partial charge in [-0.15, -0.1) is 11.3 Å². The maximum atomic E-state index is 12.0. The van der Waals surface area contributed by atoms with Gasteiger partial charge in [-0.25, -0.2) is 9.59 Å². The molecule has 0 saturated heterocycles. The van der Waals surface area contributed by atoms with Gasteiger partial charge in [0.15, 0.2) is 6.61 Å². The van der Waals surface area contributed by atoms with E-state index in [1.165, 1.54) is 23.5 Å². The van der Waals surface area contributed by atoms with Crippen LogP contribution in [0.4, 0.5) is 5.69 Å². The second kappa shape index (κ2) is 7.94. The topological polar surface area (TPSA) is 81.7 Å². The molecule has 0 radical (unpaired) electrons. The number of carbonyl (C=O) groups excluding carboxylic acids is 3. The quantitative estimate of drug-likeness (QED) is 0.824. The van der Waals surface area contributed by atoms with Crippen LogP contribution in [0.5, 0.6) is 0 Å². The Morgan fingerprint density at radius 3 is 2.52 bits per heavy atom. The lowest BCUT2D eigenvalue weighted by Crippen LogP contribution is -2.27. The zero-order chi connectivity index (χ0) is 18.4. The van der Waals surface area contributed by atoms with Crippen molar-refractivity contribution < 1.29 is 23.9 Å². The van der Waals surface area contributed by atoms with E-state index in [0.717, 1.165) is 0 Å². The lowest BCUT2D eigenvalue weighted by atomic mass is 10.2. The highest BCUT2D eigenvalue weighted by Crippen LogP contribution is 2.15. The van der Waals surface area contributed by atoms with Gasteiger partial charge in [0.2, 0.25) is 0 Å². The minimum Gasteiger partial charge on any atom is -0.457 e. The largest absolute Gasteiger partial charge is 0.457 e. The van der Waals surface area contributed by atoms with Gasteiger partial charge in [-0.3, -0.25) is 4.79 Å². The molecule has 1 amide bonds. The number of esters is 2. The molecule has 7 heteroatoms. The maximum absolute atomic E-state index is 12.0. The average molecular weight is 361 g/mol. The van der Waals surface area contributed by atoms with Gasteiger partial charge in [0.1, 0.15) is 5.60 Å². The van der Waals surface area contributed by atoms with Crippen LogP contribution < -0.4 is 5.32 Å². The van der Waals surface area contributed by atoms with E-state index >= 15 is 0 Å². The molecule has 6 nitrogen and oxygen atoms in total. The predicted molar refractivity (Wildman–Crippen MR) is 94.8 cm³/mol. The Labute approximate surface area is 149 Å². The van der Waals surface area contributed by atoms with Crippen LogP contribution in [0.2, 0.25) is 0 Å². The van der Waals surface area contributed by atoms with E-state index in [4.69, 9.17) is 9.47 Å². The monoisotopic (exact) mass is 361 g/mol. The molecule has 0 unspecified atom stereocenters. The molecule has 0 aliphatic heterocycles. The smallest absolute Gasteiger partial charge is 0.344 e. The van der Waals surface area contributed by atoms with Crippen LogP contribution in [0.25, 0.3) is 0 Å². The minimum atomic E-state index is -0.668. The van der Waals surface area contributed by atoms with Crippen LogP contribution in [0, 0.1) is 0 Å². The summed E-state index contributed by atoms with van der Waals surface area (Å²) < 4.78 is 10.0. The van der Waals surface area contributed by atoms with Gasteiger partial charge in [0, 0.05) is 5.69 Å². The maximum Gasteiger partial charge on any atom is 0.344 e. The summed E-state index contributed by atoms with van der Waals surface area (Å²) in [5, 5.41) is 4.51. The zero-order valence-corrected chi connectivity index (χ0v) is 15.0. The third-order valence-electron chi connectivity index (χ3n) is 2.84. The van der Waals surface area contributed by atoms with E-state index in [1.54, 1.807) is 50.4 Å². The molecule has 2 aromatic rings. The number of thiophene rings is 1. The molecule has 1 heterocycles. The van der Waals surface area contributed by atoms with Crippen molar-refractivity contribution in [2.24, 2.45) is 0 Å². The highest BCUT2D eigenvalue weighted by Gasteiger charge is 2.18. The summed E-state index contributed by atoms with van der Waals surface area (Å²) in [6.07, 6.45) is 0. The minimum absolute atomic E-state index is 0.229. The summed E-state index contributed by atoms with van der Waals surface area (Å²) in [7, 11) is 0. The van der Waals surface area contributed by atoms with Gasteiger partial charge in [-0.05, 0) is 50.4 Å². The number of carbonyl (C=O) groups is 3. The van der Waals surface area contributed by atoms with Crippen molar-refractivity contribution in [2.45, 2.75) is 26.4 Å². The van der Waals surface area contributed by atoms with Crippen molar-refractivity contribution in [2.75, 3.05) is 11.9 Å². The number of amides is 1. The van der Waals surface area contributed by atoms with Gasteiger partial charge in [0.05, 0.1) is 10.4 Å². The Morgan fingerprint density at radius 2 is 1.88 bits per heavy atom. The number of nitrogens with one attached hydrogen (secondary N) is 1. The molecule has 2 rings (SSSR count). The molecule has 25 heavy (non-hydrogen) atoms. The summed E-state index contributed by atoms with van der Waals surface area (Å²) in [6, 6.07) is 9.80. The first-order valence-corrected chi connectivity index (χ1v) is 8.46. The fraction of sp³-hybridized carbons (Fsp3) is 0.278. The summed E-state index contributed by atoms with van der Waals surface area (Å²) >= 11 is 1.32. The molecule has 0 spiro atoms. The molecular weight excluding hydrogens is 342 g/mol. The van der Waals surface area contributed by atoms with Crippen molar-refractivity contribution in [1.29, 1.82) is 0 Å². The molecule has 132 valence electrons. The van der Waals surface area contributed by atoms with E-state index in [0.29, 0.717) is 10.6 Å².